The minimum Gasteiger partial charge on any atom is -0.496 e. The molecule has 1 unspecified atom stereocenters. The average Bonchev–Trinajstić information content (AvgIpc) is 2.53. The second-order valence-electron chi connectivity index (χ2n) is 4.56. The van der Waals surface area contributed by atoms with E-state index >= 15 is 0 Å². The van der Waals surface area contributed by atoms with Gasteiger partial charge in [0.25, 0.3) is 0 Å². The molecule has 2 aromatic carbocycles. The summed E-state index contributed by atoms with van der Waals surface area (Å²) in [5.41, 5.74) is 0.517. The van der Waals surface area contributed by atoms with E-state index in [2.05, 4.69) is 4.72 Å². The van der Waals surface area contributed by atoms with Gasteiger partial charge in [-0.05, 0) is 30.3 Å². The van der Waals surface area contributed by atoms with Crippen molar-refractivity contribution < 1.29 is 18.3 Å². The lowest BCUT2D eigenvalue weighted by Gasteiger charge is -2.15. The summed E-state index contributed by atoms with van der Waals surface area (Å²) >= 11 is 5.73. The fourth-order valence-electron chi connectivity index (χ4n) is 1.94. The number of para-hydroxylation sites is 1. The minimum atomic E-state index is -3.71. The number of nitrogens with one attached hydrogen (secondary N) is 1. The van der Waals surface area contributed by atoms with Gasteiger partial charge in [-0.25, -0.2) is 13.1 Å². The summed E-state index contributed by atoms with van der Waals surface area (Å²) < 4.78 is 31.8. The van der Waals surface area contributed by atoms with E-state index in [0.717, 1.165) is 0 Å². The van der Waals surface area contributed by atoms with Crippen LogP contribution < -0.4 is 9.46 Å². The molecule has 0 saturated carbocycles. The third-order valence-electron chi connectivity index (χ3n) is 3.09. The van der Waals surface area contributed by atoms with Crippen LogP contribution in [0.4, 0.5) is 0 Å². The molecule has 2 rings (SSSR count). The first-order valence-corrected chi connectivity index (χ1v) is 8.36. The van der Waals surface area contributed by atoms with Crippen LogP contribution in [0.25, 0.3) is 0 Å². The molecule has 0 saturated heterocycles. The van der Waals surface area contributed by atoms with Crippen LogP contribution in [0.15, 0.2) is 53.4 Å². The molecule has 0 spiro atoms. The van der Waals surface area contributed by atoms with E-state index in [4.69, 9.17) is 16.3 Å². The molecule has 0 radical (unpaired) electrons. The predicted octanol–water partition coefficient (Wildman–Crippen LogP) is 2.36. The summed E-state index contributed by atoms with van der Waals surface area (Å²) in [5.74, 6) is 0.501. The lowest BCUT2D eigenvalue weighted by atomic mass is 10.1. The smallest absolute Gasteiger partial charge is 0.240 e. The van der Waals surface area contributed by atoms with E-state index in [9.17, 15) is 13.5 Å². The fraction of sp³-hybridized carbons (Fsp3) is 0.200. The molecule has 5 nitrogen and oxygen atoms in total. The Kier molecular flexibility index (Phi) is 5.42. The van der Waals surface area contributed by atoms with Crippen LogP contribution in [0, 0.1) is 0 Å². The van der Waals surface area contributed by atoms with Crippen LogP contribution >= 0.6 is 11.6 Å². The van der Waals surface area contributed by atoms with Gasteiger partial charge in [0.15, 0.2) is 0 Å². The Morgan fingerprint density at radius 3 is 2.45 bits per heavy atom. The molecule has 22 heavy (non-hydrogen) atoms. The second-order valence-corrected chi connectivity index (χ2v) is 6.77. The van der Waals surface area contributed by atoms with Crippen LogP contribution in [0.5, 0.6) is 5.75 Å². The molecule has 0 aliphatic rings. The van der Waals surface area contributed by atoms with Gasteiger partial charge in [0, 0.05) is 17.1 Å². The molecule has 0 fully saturated rings. The zero-order valence-electron chi connectivity index (χ0n) is 11.9. The molecule has 7 heteroatoms. The average molecular weight is 342 g/mol. The summed E-state index contributed by atoms with van der Waals surface area (Å²) in [4.78, 5) is 0.0872. The van der Waals surface area contributed by atoms with Crippen LogP contribution in [-0.4, -0.2) is 27.2 Å². The van der Waals surface area contributed by atoms with Crippen molar-refractivity contribution in [3.05, 3.63) is 59.1 Å². The zero-order chi connectivity index (χ0) is 16.2. The lowest BCUT2D eigenvalue weighted by molar-refractivity contribution is 0.177. The van der Waals surface area contributed by atoms with Crippen LogP contribution in [0.1, 0.15) is 11.7 Å². The number of ether oxygens (including phenoxy) is 1. The van der Waals surface area contributed by atoms with Gasteiger partial charge in [-0.2, -0.15) is 0 Å². The Labute approximate surface area is 134 Å². The number of halogens is 1. The third kappa shape index (κ3) is 3.98. The van der Waals surface area contributed by atoms with Gasteiger partial charge in [0.05, 0.1) is 18.1 Å². The highest BCUT2D eigenvalue weighted by molar-refractivity contribution is 7.89. The Hall–Kier alpha value is -1.60. The van der Waals surface area contributed by atoms with Crippen molar-refractivity contribution in [2.45, 2.75) is 11.0 Å². The van der Waals surface area contributed by atoms with E-state index in [1.54, 1.807) is 24.3 Å². The van der Waals surface area contributed by atoms with Crippen molar-refractivity contribution in [1.29, 1.82) is 0 Å². The molecule has 2 N–H and O–H groups in total. The molecular formula is C15H16ClNO4S. The van der Waals surface area contributed by atoms with Crippen LogP contribution in [0.3, 0.4) is 0 Å². The number of benzene rings is 2. The van der Waals surface area contributed by atoms with Crippen molar-refractivity contribution in [3.8, 4) is 5.75 Å². The van der Waals surface area contributed by atoms with Crippen molar-refractivity contribution in [2.24, 2.45) is 0 Å². The molecule has 118 valence electrons. The van der Waals surface area contributed by atoms with Gasteiger partial charge in [0.1, 0.15) is 5.75 Å². The topological polar surface area (TPSA) is 75.6 Å². The second kappa shape index (κ2) is 7.11. The maximum Gasteiger partial charge on any atom is 0.240 e. The van der Waals surface area contributed by atoms with E-state index in [1.165, 1.54) is 31.4 Å². The summed E-state index contributed by atoms with van der Waals surface area (Å²) in [7, 11) is -2.22. The summed E-state index contributed by atoms with van der Waals surface area (Å²) in [6, 6.07) is 12.7. The Morgan fingerprint density at radius 2 is 1.82 bits per heavy atom. The first-order valence-electron chi connectivity index (χ1n) is 6.50. The molecule has 0 heterocycles. The van der Waals surface area contributed by atoms with E-state index < -0.39 is 16.1 Å². The maximum atomic E-state index is 12.1. The van der Waals surface area contributed by atoms with Crippen molar-refractivity contribution in [3.63, 3.8) is 0 Å². The molecule has 0 aliphatic carbocycles. The largest absolute Gasteiger partial charge is 0.496 e. The summed E-state index contributed by atoms with van der Waals surface area (Å²) in [6.07, 6.45) is -1.02. The van der Waals surface area contributed by atoms with E-state index in [-0.39, 0.29) is 11.4 Å². The van der Waals surface area contributed by atoms with Gasteiger partial charge < -0.3 is 9.84 Å². The third-order valence-corrected chi connectivity index (χ3v) is 4.78. The normalized spacial score (nSPS) is 12.9. The monoisotopic (exact) mass is 341 g/mol. The first kappa shape index (κ1) is 16.8. The summed E-state index contributed by atoms with van der Waals surface area (Å²) in [6.45, 7) is -0.161. The number of rotatable bonds is 6. The zero-order valence-corrected chi connectivity index (χ0v) is 13.4. The SMILES string of the molecule is COc1ccccc1C(O)CNS(=O)(=O)c1ccc(Cl)cc1. The number of hydrogen-bond acceptors (Lipinski definition) is 4. The molecular weight excluding hydrogens is 326 g/mol. The molecule has 2 aromatic rings. The quantitative estimate of drug-likeness (QED) is 0.845. The molecule has 0 aliphatic heterocycles. The number of aliphatic hydroxyl groups is 1. The minimum absolute atomic E-state index is 0.0872. The van der Waals surface area contributed by atoms with Crippen LogP contribution in [0.2, 0.25) is 5.02 Å². The Morgan fingerprint density at radius 1 is 1.18 bits per heavy atom. The number of hydrogen-bond donors (Lipinski definition) is 2. The Bertz CT molecular complexity index is 731. The highest BCUT2D eigenvalue weighted by atomic mass is 35.5. The van der Waals surface area contributed by atoms with Gasteiger partial charge in [-0.3, -0.25) is 0 Å². The number of methoxy groups -OCH3 is 1. The molecule has 0 bridgehead atoms. The van der Waals surface area contributed by atoms with E-state index in [0.29, 0.717) is 16.3 Å². The Balaban J connectivity index is 2.10. The van der Waals surface area contributed by atoms with Gasteiger partial charge >= 0.3 is 0 Å². The van der Waals surface area contributed by atoms with Crippen molar-refractivity contribution >= 4 is 21.6 Å². The number of aliphatic hydroxyl groups excluding tert-OH is 1. The molecule has 1 atom stereocenters. The standard InChI is InChI=1S/C15H16ClNO4S/c1-21-15-5-3-2-4-13(15)14(18)10-17-22(19,20)12-8-6-11(16)7-9-12/h2-9,14,17-18H,10H2,1H3. The van der Waals surface area contributed by atoms with Crippen molar-refractivity contribution in [1.82, 2.24) is 4.72 Å². The summed E-state index contributed by atoms with van der Waals surface area (Å²) in [5, 5.41) is 10.6. The van der Waals surface area contributed by atoms with Crippen molar-refractivity contribution in [2.75, 3.05) is 13.7 Å². The fourth-order valence-corrected chi connectivity index (χ4v) is 3.10. The van der Waals surface area contributed by atoms with Crippen LogP contribution in [-0.2, 0) is 10.0 Å². The van der Waals surface area contributed by atoms with Gasteiger partial charge in [-0.15, -0.1) is 0 Å². The van der Waals surface area contributed by atoms with Gasteiger partial charge in [-0.1, -0.05) is 29.8 Å². The highest BCUT2D eigenvalue weighted by Gasteiger charge is 2.18. The number of sulfonamides is 1. The predicted molar refractivity (Wildman–Crippen MR) is 84.6 cm³/mol. The highest BCUT2D eigenvalue weighted by Crippen LogP contribution is 2.24. The van der Waals surface area contributed by atoms with E-state index in [1.807, 2.05) is 0 Å². The van der Waals surface area contributed by atoms with Gasteiger partial charge in [0.2, 0.25) is 10.0 Å². The maximum absolute atomic E-state index is 12.1. The lowest BCUT2D eigenvalue weighted by Crippen LogP contribution is -2.28. The first-order chi connectivity index (χ1) is 10.4. The molecule has 0 amide bonds. The molecule has 0 aromatic heterocycles.